The van der Waals surface area contributed by atoms with Crippen LogP contribution in [-0.4, -0.2) is 24.7 Å². The summed E-state index contributed by atoms with van der Waals surface area (Å²) in [5.74, 6) is 0.597. The molecule has 0 radical (unpaired) electrons. The number of anilines is 2. The Morgan fingerprint density at radius 2 is 1.81 bits per heavy atom. The predicted octanol–water partition coefficient (Wildman–Crippen LogP) is 6.36. The number of benzene rings is 2. The monoisotopic (exact) mass is 548 g/mol. The van der Waals surface area contributed by atoms with Crippen LogP contribution in [0.15, 0.2) is 65.5 Å². The van der Waals surface area contributed by atoms with Crippen LogP contribution in [0.2, 0.25) is 10.0 Å². The Morgan fingerprint density at radius 3 is 2.59 bits per heavy atom. The molecule has 0 atom stereocenters. The molecule has 0 aliphatic rings. The van der Waals surface area contributed by atoms with Gasteiger partial charge in [0.1, 0.15) is 0 Å². The quantitative estimate of drug-likeness (QED) is 0.274. The summed E-state index contributed by atoms with van der Waals surface area (Å²) in [6, 6.07) is 13.7. The van der Waals surface area contributed by atoms with Crippen molar-refractivity contribution in [3.05, 3.63) is 92.3 Å². The molecule has 164 valence electrons. The molecule has 0 aliphatic heterocycles. The summed E-state index contributed by atoms with van der Waals surface area (Å²) in [4.78, 5) is 0. The molecule has 4 aromatic rings. The van der Waals surface area contributed by atoms with E-state index in [1.807, 2.05) is 35.3 Å². The van der Waals surface area contributed by atoms with Gasteiger partial charge in [0, 0.05) is 22.4 Å². The first-order chi connectivity index (χ1) is 15.4. The molecule has 0 bridgehead atoms. The van der Waals surface area contributed by atoms with E-state index in [-0.39, 0.29) is 0 Å². The van der Waals surface area contributed by atoms with Crippen molar-refractivity contribution >= 4 is 68.0 Å². The number of hydrogen-bond acceptors (Lipinski definition) is 3. The van der Waals surface area contributed by atoms with Crippen molar-refractivity contribution in [1.82, 2.24) is 19.6 Å². The van der Waals surface area contributed by atoms with Gasteiger partial charge in [-0.1, -0.05) is 53.5 Å². The Kier molecular flexibility index (Phi) is 7.15. The summed E-state index contributed by atoms with van der Waals surface area (Å²) in [5, 5.41) is 16.8. The largest absolute Gasteiger partial charge is 0.330 e. The fraction of sp³-hybridized carbons (Fsp3) is 0.136. The number of hydrogen-bond donors (Lipinski definition) is 2. The molecular weight excluding hydrogens is 531 g/mol. The van der Waals surface area contributed by atoms with Gasteiger partial charge in [0.25, 0.3) is 0 Å². The standard InChI is InChI=1S/C22H19BrCl2N6S/c1-14-4-2-3-5-15(14)10-30-12-18(9-26-30)27-22(32)28-21-19(23)13-31(29-21)11-16-6-7-17(24)8-20(16)25/h2-9,12-13H,10-11H2,1H3,(H2,27,28,29,32). The fourth-order valence-corrected chi connectivity index (χ4v) is 4.23. The number of thiocarbonyl (C=S) groups is 1. The van der Waals surface area contributed by atoms with Crippen LogP contribution < -0.4 is 10.6 Å². The van der Waals surface area contributed by atoms with Crippen LogP contribution in [0.3, 0.4) is 0 Å². The maximum atomic E-state index is 6.27. The van der Waals surface area contributed by atoms with Crippen LogP contribution in [0.1, 0.15) is 16.7 Å². The third-order valence-corrected chi connectivity index (χ3v) is 6.15. The zero-order valence-electron chi connectivity index (χ0n) is 17.0. The Bertz CT molecular complexity index is 1270. The highest BCUT2D eigenvalue weighted by atomic mass is 79.9. The van der Waals surface area contributed by atoms with Crippen molar-refractivity contribution in [2.45, 2.75) is 20.0 Å². The lowest BCUT2D eigenvalue weighted by Crippen LogP contribution is -2.19. The Labute approximate surface area is 209 Å². The number of nitrogens with one attached hydrogen (secondary N) is 2. The van der Waals surface area contributed by atoms with E-state index in [0.29, 0.717) is 34.1 Å². The average Bonchev–Trinajstić information content (AvgIpc) is 3.32. The molecule has 0 amide bonds. The molecule has 0 fully saturated rings. The van der Waals surface area contributed by atoms with Crippen LogP contribution in [0.5, 0.6) is 0 Å². The highest BCUT2D eigenvalue weighted by Crippen LogP contribution is 2.25. The van der Waals surface area contributed by atoms with Crippen LogP contribution >= 0.6 is 51.3 Å². The first-order valence-electron chi connectivity index (χ1n) is 9.69. The van der Waals surface area contributed by atoms with Gasteiger partial charge in [-0.05, 0) is 63.9 Å². The van der Waals surface area contributed by atoms with Crippen LogP contribution in [0.25, 0.3) is 0 Å². The van der Waals surface area contributed by atoms with E-state index in [1.165, 1.54) is 11.1 Å². The molecule has 0 saturated heterocycles. The summed E-state index contributed by atoms with van der Waals surface area (Å²) in [7, 11) is 0. The number of rotatable bonds is 6. The molecule has 6 nitrogen and oxygen atoms in total. The van der Waals surface area contributed by atoms with Crippen LogP contribution in [0.4, 0.5) is 11.5 Å². The molecule has 0 unspecified atom stereocenters. The number of nitrogens with zero attached hydrogens (tertiary/aromatic N) is 4. The lowest BCUT2D eigenvalue weighted by Gasteiger charge is -2.08. The molecule has 0 aliphatic carbocycles. The summed E-state index contributed by atoms with van der Waals surface area (Å²) in [6.07, 6.45) is 5.51. The molecule has 4 rings (SSSR count). The minimum atomic E-state index is 0.413. The maximum Gasteiger partial charge on any atom is 0.176 e. The van der Waals surface area contributed by atoms with Crippen molar-refractivity contribution < 1.29 is 0 Å². The van der Waals surface area contributed by atoms with Crippen molar-refractivity contribution in [3.8, 4) is 0 Å². The minimum Gasteiger partial charge on any atom is -0.330 e. The van der Waals surface area contributed by atoms with Gasteiger partial charge in [0.15, 0.2) is 10.9 Å². The molecule has 10 heteroatoms. The number of aryl methyl sites for hydroxylation is 1. The highest BCUT2D eigenvalue weighted by molar-refractivity contribution is 9.10. The fourth-order valence-electron chi connectivity index (χ4n) is 3.13. The lowest BCUT2D eigenvalue weighted by molar-refractivity contribution is 0.684. The van der Waals surface area contributed by atoms with E-state index in [0.717, 1.165) is 15.7 Å². The van der Waals surface area contributed by atoms with E-state index >= 15 is 0 Å². The number of halogens is 3. The van der Waals surface area contributed by atoms with Gasteiger partial charge >= 0.3 is 0 Å². The van der Waals surface area contributed by atoms with Crippen molar-refractivity contribution in [1.29, 1.82) is 0 Å². The summed E-state index contributed by atoms with van der Waals surface area (Å²) >= 11 is 21.2. The van der Waals surface area contributed by atoms with Gasteiger partial charge in [-0.2, -0.15) is 10.2 Å². The molecule has 2 N–H and O–H groups in total. The van der Waals surface area contributed by atoms with Gasteiger partial charge in [0.05, 0.1) is 29.4 Å². The second-order valence-corrected chi connectivity index (χ2v) is 9.30. The number of aromatic nitrogens is 4. The summed E-state index contributed by atoms with van der Waals surface area (Å²) in [6.45, 7) is 3.29. The van der Waals surface area contributed by atoms with Gasteiger partial charge in [-0.3, -0.25) is 9.36 Å². The van der Waals surface area contributed by atoms with Crippen molar-refractivity contribution in [2.24, 2.45) is 0 Å². The SMILES string of the molecule is Cc1ccccc1Cn1cc(NC(=S)Nc2nn(Cc3ccc(Cl)cc3Cl)cc2Br)cn1. The molecule has 2 aromatic carbocycles. The van der Waals surface area contributed by atoms with E-state index < -0.39 is 0 Å². The lowest BCUT2D eigenvalue weighted by atomic mass is 10.1. The van der Waals surface area contributed by atoms with Crippen molar-refractivity contribution in [2.75, 3.05) is 10.6 Å². The predicted molar refractivity (Wildman–Crippen MR) is 138 cm³/mol. The molecule has 2 aromatic heterocycles. The smallest absolute Gasteiger partial charge is 0.176 e. The maximum absolute atomic E-state index is 6.27. The topological polar surface area (TPSA) is 59.7 Å². The Hall–Kier alpha value is -2.39. The van der Waals surface area contributed by atoms with Gasteiger partial charge in [-0.25, -0.2) is 0 Å². The van der Waals surface area contributed by atoms with Crippen LogP contribution in [-0.2, 0) is 13.1 Å². The van der Waals surface area contributed by atoms with E-state index in [9.17, 15) is 0 Å². The third-order valence-electron chi connectivity index (χ3n) is 4.78. The first-order valence-corrected chi connectivity index (χ1v) is 11.6. The minimum absolute atomic E-state index is 0.413. The average molecular weight is 550 g/mol. The second-order valence-electron chi connectivity index (χ2n) is 7.19. The third kappa shape index (κ3) is 5.69. The van der Waals surface area contributed by atoms with Crippen LogP contribution in [0, 0.1) is 6.92 Å². The molecule has 2 heterocycles. The normalized spacial score (nSPS) is 10.9. The zero-order valence-corrected chi connectivity index (χ0v) is 20.9. The first kappa shape index (κ1) is 22.8. The summed E-state index contributed by atoms with van der Waals surface area (Å²) in [5.41, 5.74) is 4.16. The van der Waals surface area contributed by atoms with Gasteiger partial charge < -0.3 is 10.6 Å². The zero-order chi connectivity index (χ0) is 22.7. The Morgan fingerprint density at radius 1 is 1.03 bits per heavy atom. The molecule has 32 heavy (non-hydrogen) atoms. The van der Waals surface area contributed by atoms with Crippen molar-refractivity contribution in [3.63, 3.8) is 0 Å². The van der Waals surface area contributed by atoms with E-state index in [2.05, 4.69) is 55.8 Å². The van der Waals surface area contributed by atoms with E-state index in [4.69, 9.17) is 35.4 Å². The Balaban J connectivity index is 1.37. The molecule has 0 spiro atoms. The molecule has 0 saturated carbocycles. The van der Waals surface area contributed by atoms with E-state index in [1.54, 1.807) is 23.0 Å². The van der Waals surface area contributed by atoms with Gasteiger partial charge in [-0.15, -0.1) is 0 Å². The summed E-state index contributed by atoms with van der Waals surface area (Å²) < 4.78 is 4.42. The molecular formula is C22H19BrCl2N6S. The second kappa shape index (κ2) is 10.0. The van der Waals surface area contributed by atoms with Gasteiger partial charge in [0.2, 0.25) is 0 Å². The highest BCUT2D eigenvalue weighted by Gasteiger charge is 2.11.